The monoisotopic (exact) mass is 313 g/mol. The third-order valence-electron chi connectivity index (χ3n) is 4.21. The highest BCUT2D eigenvalue weighted by Crippen LogP contribution is 2.36. The molecule has 1 aliphatic heterocycles. The first-order valence-corrected chi connectivity index (χ1v) is 6.79. The van der Waals surface area contributed by atoms with Crippen LogP contribution in [-0.2, 0) is 15.5 Å². The largest absolute Gasteiger partial charge is 0.495 e. The molecular weight excluding hydrogens is 298 g/mol. The molecule has 0 amide bonds. The average Bonchev–Trinajstić information content (AvgIpc) is 2.87. The first-order valence-electron chi connectivity index (χ1n) is 6.79. The number of pyridine rings is 1. The van der Waals surface area contributed by atoms with Gasteiger partial charge >= 0.3 is 13.3 Å². The summed E-state index contributed by atoms with van der Waals surface area (Å²) in [6.45, 7) is 7.63. The van der Waals surface area contributed by atoms with Crippen LogP contribution in [0.5, 0.6) is 0 Å². The van der Waals surface area contributed by atoms with Crippen molar-refractivity contribution in [2.45, 2.75) is 45.1 Å². The SMILES string of the molecule is CC1(C)OB(c2ccn3c(C(F)(F)F)nnc3c2)OC1(C)C. The van der Waals surface area contributed by atoms with Gasteiger partial charge in [-0.3, -0.25) is 4.40 Å². The van der Waals surface area contributed by atoms with Crippen molar-refractivity contribution < 1.29 is 22.5 Å². The number of hydrogen-bond acceptors (Lipinski definition) is 4. The third-order valence-corrected chi connectivity index (χ3v) is 4.21. The maximum Gasteiger partial charge on any atom is 0.495 e. The molecule has 0 bridgehead atoms. The summed E-state index contributed by atoms with van der Waals surface area (Å²) in [7, 11) is -0.652. The molecule has 0 N–H and O–H groups in total. The Bertz CT molecular complexity index is 711. The van der Waals surface area contributed by atoms with Crippen LogP contribution in [0.15, 0.2) is 18.3 Å². The zero-order chi connectivity index (χ0) is 16.3. The normalized spacial score (nSPS) is 20.8. The molecule has 5 nitrogen and oxygen atoms in total. The summed E-state index contributed by atoms with van der Waals surface area (Å²) >= 11 is 0. The molecule has 0 aromatic carbocycles. The number of aromatic nitrogens is 3. The van der Waals surface area contributed by atoms with E-state index >= 15 is 0 Å². The first kappa shape index (κ1) is 15.3. The van der Waals surface area contributed by atoms with E-state index in [1.54, 1.807) is 0 Å². The summed E-state index contributed by atoms with van der Waals surface area (Å²) in [4.78, 5) is 0. The number of alkyl halides is 3. The molecule has 1 aliphatic rings. The number of nitrogens with zero attached hydrogens (tertiary/aromatic N) is 3. The second-order valence-corrected chi connectivity index (χ2v) is 6.30. The molecule has 118 valence electrons. The molecule has 9 heteroatoms. The highest BCUT2D eigenvalue weighted by atomic mass is 19.4. The van der Waals surface area contributed by atoms with Crippen LogP contribution in [0.1, 0.15) is 33.5 Å². The zero-order valence-corrected chi connectivity index (χ0v) is 12.6. The van der Waals surface area contributed by atoms with E-state index in [-0.39, 0.29) is 5.65 Å². The highest BCUT2D eigenvalue weighted by Gasteiger charge is 2.51. The Hall–Kier alpha value is -1.61. The van der Waals surface area contributed by atoms with Crippen LogP contribution in [0.3, 0.4) is 0 Å². The highest BCUT2D eigenvalue weighted by molar-refractivity contribution is 6.62. The maximum absolute atomic E-state index is 12.8. The smallest absolute Gasteiger partial charge is 0.399 e. The Kier molecular flexibility index (Phi) is 3.10. The van der Waals surface area contributed by atoms with E-state index < -0.39 is 30.3 Å². The van der Waals surface area contributed by atoms with Crippen molar-refractivity contribution in [3.05, 3.63) is 24.2 Å². The summed E-state index contributed by atoms with van der Waals surface area (Å²) in [6, 6.07) is 3.01. The molecule has 0 aliphatic carbocycles. The molecule has 1 fully saturated rings. The lowest BCUT2D eigenvalue weighted by atomic mass is 9.80. The fourth-order valence-corrected chi connectivity index (χ4v) is 2.23. The predicted molar refractivity (Wildman–Crippen MR) is 73.7 cm³/mol. The van der Waals surface area contributed by atoms with Crippen molar-refractivity contribution in [3.8, 4) is 0 Å². The number of halogens is 3. The van der Waals surface area contributed by atoms with Crippen LogP contribution in [0, 0.1) is 0 Å². The number of hydrogen-bond donors (Lipinski definition) is 0. The van der Waals surface area contributed by atoms with Crippen molar-refractivity contribution in [1.82, 2.24) is 14.6 Å². The van der Waals surface area contributed by atoms with Crippen molar-refractivity contribution in [2.24, 2.45) is 0 Å². The molecule has 2 aromatic heterocycles. The summed E-state index contributed by atoms with van der Waals surface area (Å²) < 4.78 is 51.0. The van der Waals surface area contributed by atoms with E-state index in [0.29, 0.717) is 5.46 Å². The van der Waals surface area contributed by atoms with Crippen LogP contribution in [0.25, 0.3) is 5.65 Å². The lowest BCUT2D eigenvalue weighted by molar-refractivity contribution is -0.145. The molecule has 0 saturated carbocycles. The van der Waals surface area contributed by atoms with Crippen LogP contribution < -0.4 is 5.46 Å². The molecule has 0 unspecified atom stereocenters. The van der Waals surface area contributed by atoms with Crippen LogP contribution >= 0.6 is 0 Å². The molecular formula is C13H15BF3N3O2. The summed E-state index contributed by atoms with van der Waals surface area (Å²) in [6.07, 6.45) is -3.27. The molecule has 0 spiro atoms. The van der Waals surface area contributed by atoms with Gasteiger partial charge in [-0.25, -0.2) is 0 Å². The van der Waals surface area contributed by atoms with Gasteiger partial charge in [0.1, 0.15) is 0 Å². The van der Waals surface area contributed by atoms with Crippen molar-refractivity contribution in [2.75, 3.05) is 0 Å². The first-order chi connectivity index (χ1) is 10.0. The van der Waals surface area contributed by atoms with E-state index in [1.165, 1.54) is 18.3 Å². The third kappa shape index (κ3) is 2.28. The Morgan fingerprint density at radius 2 is 1.68 bits per heavy atom. The minimum Gasteiger partial charge on any atom is -0.399 e. The molecule has 22 heavy (non-hydrogen) atoms. The van der Waals surface area contributed by atoms with E-state index in [4.69, 9.17) is 9.31 Å². The standard InChI is InChI=1S/C13H15BF3N3O2/c1-11(2)12(3,4)22-14(21-11)8-5-6-20-9(7-8)18-19-10(20)13(15,16)17/h5-7H,1-4H3. The molecule has 3 heterocycles. The van der Waals surface area contributed by atoms with Gasteiger partial charge in [0, 0.05) is 6.20 Å². The minimum absolute atomic E-state index is 0.0968. The van der Waals surface area contributed by atoms with E-state index in [9.17, 15) is 13.2 Å². The van der Waals surface area contributed by atoms with Gasteiger partial charge in [-0.2, -0.15) is 13.2 Å². The van der Waals surface area contributed by atoms with E-state index in [2.05, 4.69) is 10.2 Å². The fourth-order valence-electron chi connectivity index (χ4n) is 2.23. The lowest BCUT2D eigenvalue weighted by Crippen LogP contribution is -2.41. The number of fused-ring (bicyclic) bond motifs is 1. The van der Waals surface area contributed by atoms with Crippen LogP contribution in [-0.4, -0.2) is 32.9 Å². The van der Waals surface area contributed by atoms with Crippen LogP contribution in [0.2, 0.25) is 0 Å². The Morgan fingerprint density at radius 1 is 1.09 bits per heavy atom. The van der Waals surface area contributed by atoms with Gasteiger partial charge in [-0.15, -0.1) is 10.2 Å². The molecule has 2 aromatic rings. The van der Waals surface area contributed by atoms with Crippen molar-refractivity contribution in [1.29, 1.82) is 0 Å². The van der Waals surface area contributed by atoms with Gasteiger partial charge in [0.25, 0.3) is 0 Å². The van der Waals surface area contributed by atoms with E-state index in [0.717, 1.165) is 4.40 Å². The van der Waals surface area contributed by atoms with Gasteiger partial charge in [-0.05, 0) is 45.3 Å². The Morgan fingerprint density at radius 3 is 2.23 bits per heavy atom. The second-order valence-electron chi connectivity index (χ2n) is 6.30. The zero-order valence-electron chi connectivity index (χ0n) is 12.6. The Balaban J connectivity index is 1.98. The summed E-state index contributed by atoms with van der Waals surface area (Å²) in [5.74, 6) is -1.05. The lowest BCUT2D eigenvalue weighted by Gasteiger charge is -2.32. The minimum atomic E-state index is -4.55. The van der Waals surface area contributed by atoms with Crippen molar-refractivity contribution in [3.63, 3.8) is 0 Å². The molecule has 0 atom stereocenters. The van der Waals surface area contributed by atoms with Gasteiger partial charge in [0.15, 0.2) is 5.65 Å². The summed E-state index contributed by atoms with van der Waals surface area (Å²) in [5.41, 5.74) is -0.338. The quantitative estimate of drug-likeness (QED) is 0.756. The fraction of sp³-hybridized carbons (Fsp3) is 0.538. The van der Waals surface area contributed by atoms with Gasteiger partial charge in [-0.1, -0.05) is 0 Å². The van der Waals surface area contributed by atoms with E-state index in [1.807, 2.05) is 27.7 Å². The van der Waals surface area contributed by atoms with Crippen molar-refractivity contribution >= 4 is 18.2 Å². The predicted octanol–water partition coefficient (Wildman–Crippen LogP) is 2.05. The van der Waals surface area contributed by atoms with Gasteiger partial charge in [0.2, 0.25) is 5.82 Å². The maximum atomic E-state index is 12.8. The van der Waals surface area contributed by atoms with Gasteiger partial charge < -0.3 is 9.31 Å². The van der Waals surface area contributed by atoms with Crippen LogP contribution in [0.4, 0.5) is 13.2 Å². The molecule has 3 rings (SSSR count). The topological polar surface area (TPSA) is 48.7 Å². The number of rotatable bonds is 1. The summed E-state index contributed by atoms with van der Waals surface area (Å²) in [5, 5.41) is 6.77. The average molecular weight is 313 g/mol. The second kappa shape index (κ2) is 4.45. The molecule has 1 saturated heterocycles. The Labute approximate surface area is 125 Å². The molecule has 0 radical (unpaired) electrons. The van der Waals surface area contributed by atoms with Gasteiger partial charge in [0.05, 0.1) is 11.2 Å².